The monoisotopic (exact) mass is 577 g/mol. The normalized spacial score (nSPS) is 16.9. The van der Waals surface area contributed by atoms with Gasteiger partial charge in [-0.3, -0.25) is 14.7 Å². The number of nitrogens with zero attached hydrogens (tertiary/aromatic N) is 6. The molecule has 0 radical (unpaired) electrons. The molecule has 1 aromatic heterocycles. The number of alkyl halides is 3. The van der Waals surface area contributed by atoms with Gasteiger partial charge in [-0.05, 0) is 49.7 Å². The zero-order chi connectivity index (χ0) is 28.8. The Labute approximate surface area is 232 Å². The molecule has 0 atom stereocenters. The van der Waals surface area contributed by atoms with Crippen LogP contribution in [0, 0.1) is 12.7 Å². The average molecular weight is 578 g/mol. The van der Waals surface area contributed by atoms with Crippen LogP contribution in [0.5, 0.6) is 0 Å². The number of piperazine rings is 1. The second-order valence-corrected chi connectivity index (χ2v) is 10.0. The van der Waals surface area contributed by atoms with Crippen LogP contribution in [0.15, 0.2) is 47.7 Å². The molecule has 0 saturated carbocycles. The molecule has 2 aliphatic heterocycles. The zero-order valence-electron chi connectivity index (χ0n) is 21.9. The number of likely N-dealkylation sites (N-methyl/N-ethyl adjacent to an activating group) is 1. The molecule has 9 nitrogen and oxygen atoms in total. The van der Waals surface area contributed by atoms with E-state index in [0.29, 0.717) is 48.7 Å². The van der Waals surface area contributed by atoms with Crippen molar-refractivity contribution in [3.8, 4) is 0 Å². The molecule has 0 amide bonds. The van der Waals surface area contributed by atoms with Crippen LogP contribution in [0.3, 0.4) is 0 Å². The number of halogens is 5. The Kier molecular flexibility index (Phi) is 7.38. The highest BCUT2D eigenvalue weighted by molar-refractivity contribution is 6.33. The van der Waals surface area contributed by atoms with Gasteiger partial charge >= 0.3 is 6.18 Å². The molecule has 0 bridgehead atoms. The fourth-order valence-electron chi connectivity index (χ4n) is 4.50. The molecule has 2 aliphatic rings. The van der Waals surface area contributed by atoms with Gasteiger partial charge in [0, 0.05) is 50.7 Å². The van der Waals surface area contributed by atoms with E-state index >= 15 is 0 Å². The van der Waals surface area contributed by atoms with Gasteiger partial charge in [-0.25, -0.2) is 4.39 Å². The third-order valence-corrected chi connectivity index (χ3v) is 7.29. The molecule has 1 fully saturated rings. The lowest BCUT2D eigenvalue weighted by Gasteiger charge is -2.34. The van der Waals surface area contributed by atoms with Gasteiger partial charge in [0.15, 0.2) is 5.82 Å². The number of hydrogen-bond donors (Lipinski definition) is 2. The molecule has 212 valence electrons. The van der Waals surface area contributed by atoms with Crippen molar-refractivity contribution >= 4 is 40.3 Å². The standard InChI is InChI=1S/C26H27ClF4N8O/c1-15-18(13-32-37(15)3)21-14-39(35-34-21)22-10-16(4-5-20(22)27)25(40)33-17-11-19(26(29,30)31)24(28)23(12-17)38-8-6-36(2)7-9-38/h4-5,10-14,34-35H,6-9H2,1-3H3,(H,33,40)/p-1. The van der Waals surface area contributed by atoms with Gasteiger partial charge in [0.2, 0.25) is 0 Å². The maximum Gasteiger partial charge on any atom is 0.419 e. The van der Waals surface area contributed by atoms with E-state index in [9.17, 15) is 22.7 Å². The van der Waals surface area contributed by atoms with E-state index in [0.717, 1.165) is 11.3 Å². The van der Waals surface area contributed by atoms with E-state index < -0.39 is 23.5 Å². The smallest absolute Gasteiger partial charge is 0.419 e. The summed E-state index contributed by atoms with van der Waals surface area (Å²) in [5.74, 6) is -2.18. The van der Waals surface area contributed by atoms with E-state index in [4.69, 9.17) is 11.6 Å². The molecule has 14 heteroatoms. The molecular weight excluding hydrogens is 552 g/mol. The lowest BCUT2D eigenvalue weighted by molar-refractivity contribution is -0.212. The lowest BCUT2D eigenvalue weighted by atomic mass is 10.1. The Hall–Kier alpha value is -3.81. The Morgan fingerprint density at radius 3 is 2.45 bits per heavy atom. The second-order valence-electron chi connectivity index (χ2n) is 9.61. The number of benzene rings is 2. The third-order valence-electron chi connectivity index (χ3n) is 6.97. The Balaban J connectivity index is 1.48. The van der Waals surface area contributed by atoms with Gasteiger partial charge in [0.05, 0.1) is 39.5 Å². The third kappa shape index (κ3) is 5.44. The van der Waals surface area contributed by atoms with Gasteiger partial charge in [0.1, 0.15) is 0 Å². The van der Waals surface area contributed by atoms with Crippen molar-refractivity contribution in [1.82, 2.24) is 25.6 Å². The molecule has 3 aromatic rings. The summed E-state index contributed by atoms with van der Waals surface area (Å²) >= 11 is 6.40. The van der Waals surface area contributed by atoms with E-state index in [-0.39, 0.29) is 16.9 Å². The summed E-state index contributed by atoms with van der Waals surface area (Å²) < 4.78 is 57.9. The van der Waals surface area contributed by atoms with E-state index in [1.807, 2.05) is 25.9 Å². The van der Waals surface area contributed by atoms with Crippen LogP contribution >= 0.6 is 11.6 Å². The first kappa shape index (κ1) is 27.7. The number of rotatable bonds is 5. The Morgan fingerprint density at radius 1 is 1.07 bits per heavy atom. The highest BCUT2D eigenvalue weighted by Gasteiger charge is 2.37. The van der Waals surface area contributed by atoms with Crippen molar-refractivity contribution in [2.24, 2.45) is 12.0 Å². The first-order valence-electron chi connectivity index (χ1n) is 12.3. The van der Waals surface area contributed by atoms with E-state index in [2.05, 4.69) is 21.1 Å². The molecule has 1 saturated heterocycles. The summed E-state index contributed by atoms with van der Waals surface area (Å²) in [7, 11) is 3.70. The Bertz CT molecular complexity index is 1490. The van der Waals surface area contributed by atoms with Gasteiger partial charge < -0.3 is 20.3 Å². The van der Waals surface area contributed by atoms with Crippen molar-refractivity contribution in [2.75, 3.05) is 43.1 Å². The number of aromatic nitrogens is 2. The van der Waals surface area contributed by atoms with Crippen LogP contribution in [0.25, 0.3) is 5.70 Å². The summed E-state index contributed by atoms with van der Waals surface area (Å²) in [6.45, 7) is 3.71. The minimum atomic E-state index is -4.96. The molecule has 5 rings (SSSR count). The molecule has 2 N–H and O–H groups in total. The summed E-state index contributed by atoms with van der Waals surface area (Å²) in [5, 5.41) is 19.2. The maximum atomic E-state index is 15.0. The predicted molar refractivity (Wildman–Crippen MR) is 143 cm³/mol. The van der Waals surface area contributed by atoms with Crippen LogP contribution < -0.4 is 26.0 Å². The zero-order valence-corrected chi connectivity index (χ0v) is 22.6. The quantitative estimate of drug-likeness (QED) is 0.272. The van der Waals surface area contributed by atoms with E-state index in [1.165, 1.54) is 29.2 Å². The first-order valence-corrected chi connectivity index (χ1v) is 12.7. The van der Waals surface area contributed by atoms with Crippen molar-refractivity contribution in [2.45, 2.75) is 13.1 Å². The molecule has 0 unspecified atom stereocenters. The van der Waals surface area contributed by atoms with E-state index in [1.54, 1.807) is 22.1 Å². The minimum absolute atomic E-state index is 0.0830. The van der Waals surface area contributed by atoms with Crippen molar-refractivity contribution < 1.29 is 22.7 Å². The molecule has 40 heavy (non-hydrogen) atoms. The number of anilines is 2. The fourth-order valence-corrected chi connectivity index (χ4v) is 4.71. The van der Waals surface area contributed by atoms with Crippen molar-refractivity contribution in [3.63, 3.8) is 0 Å². The first-order chi connectivity index (χ1) is 18.9. The second kappa shape index (κ2) is 10.6. The average Bonchev–Trinajstić information content (AvgIpc) is 3.51. The summed E-state index contributed by atoms with van der Waals surface area (Å²) in [4.78, 5) is 7.45. The van der Waals surface area contributed by atoms with Crippen molar-refractivity contribution in [1.29, 1.82) is 0 Å². The Morgan fingerprint density at radius 2 is 1.80 bits per heavy atom. The minimum Gasteiger partial charge on any atom is -0.858 e. The maximum absolute atomic E-state index is 15.0. The van der Waals surface area contributed by atoms with Gasteiger partial charge in [-0.2, -0.15) is 18.3 Å². The predicted octanol–water partition coefficient (Wildman–Crippen LogP) is 3.56. The van der Waals surface area contributed by atoms with Gasteiger partial charge in [0.25, 0.3) is 0 Å². The molecule has 2 aromatic carbocycles. The highest BCUT2D eigenvalue weighted by atomic mass is 35.5. The van der Waals surface area contributed by atoms with Crippen molar-refractivity contribution in [3.05, 3.63) is 76.0 Å². The SMILES string of the molecule is Cc1c(C2=CN(c3cc(C([O-])=Nc4cc(N5CCN(C)CC5)c(F)c(C(F)(F)F)c4)ccc3Cl)NN2)cnn1C. The summed E-state index contributed by atoms with van der Waals surface area (Å²) in [6, 6.07) is 6.12. The number of aliphatic imine (C=N–C) groups is 1. The number of aryl methyl sites for hydroxylation is 1. The molecular formula is C26H26ClF4N8O-. The summed E-state index contributed by atoms with van der Waals surface area (Å²) in [5.41, 5.74) is 6.94. The van der Waals surface area contributed by atoms with Crippen LogP contribution in [0.2, 0.25) is 5.02 Å². The van der Waals surface area contributed by atoms with Crippen LogP contribution in [0.4, 0.5) is 34.6 Å². The topological polar surface area (TPSA) is 87.0 Å². The number of hydrogen-bond acceptors (Lipinski definition) is 8. The van der Waals surface area contributed by atoms with Crippen LogP contribution in [-0.2, 0) is 13.2 Å². The van der Waals surface area contributed by atoms with Gasteiger partial charge in [-0.15, -0.1) is 5.53 Å². The lowest BCUT2D eigenvalue weighted by Crippen LogP contribution is -2.45. The summed E-state index contributed by atoms with van der Waals surface area (Å²) in [6.07, 6.45) is -1.53. The highest BCUT2D eigenvalue weighted by Crippen LogP contribution is 2.39. The molecule has 0 aliphatic carbocycles. The van der Waals surface area contributed by atoms with Crippen LogP contribution in [0.1, 0.15) is 22.4 Å². The van der Waals surface area contributed by atoms with Crippen LogP contribution in [-0.4, -0.2) is 53.8 Å². The number of nitrogens with one attached hydrogen (secondary N) is 2. The number of hydrazine groups is 2. The molecule has 0 spiro atoms. The fraction of sp³-hybridized carbons (Fsp3) is 0.308. The van der Waals surface area contributed by atoms with Gasteiger partial charge in [-0.1, -0.05) is 17.7 Å². The largest absolute Gasteiger partial charge is 0.858 e. The molecule has 3 heterocycles.